The first kappa shape index (κ1) is 19.2. The Balaban J connectivity index is 1.25. The molecular formula is C22H23F2N3S. The van der Waals surface area contributed by atoms with Gasteiger partial charge in [0, 0.05) is 50.6 Å². The second-order valence-electron chi connectivity index (χ2n) is 7.29. The third-order valence-electron chi connectivity index (χ3n) is 5.28. The van der Waals surface area contributed by atoms with Gasteiger partial charge in [-0.1, -0.05) is 25.6 Å². The maximum Gasteiger partial charge on any atom is 0.129 e. The fourth-order valence-corrected chi connectivity index (χ4v) is 4.27. The summed E-state index contributed by atoms with van der Waals surface area (Å²) in [5.41, 5.74) is 5.55. The molecule has 3 nitrogen and oxygen atoms in total. The Hall–Kier alpha value is -2.18. The molecule has 2 aromatic rings. The molecule has 3 heterocycles. The first-order valence-electron chi connectivity index (χ1n) is 9.46. The van der Waals surface area contributed by atoms with Gasteiger partial charge in [0.15, 0.2) is 0 Å². The van der Waals surface area contributed by atoms with Crippen molar-refractivity contribution in [3.05, 3.63) is 82.7 Å². The van der Waals surface area contributed by atoms with Gasteiger partial charge in [-0.2, -0.15) is 0 Å². The van der Waals surface area contributed by atoms with Crippen molar-refractivity contribution < 1.29 is 8.78 Å². The van der Waals surface area contributed by atoms with Crippen LogP contribution in [0.25, 0.3) is 0 Å². The van der Waals surface area contributed by atoms with Crippen LogP contribution in [-0.4, -0.2) is 40.4 Å². The Kier molecular flexibility index (Phi) is 5.51. The molecule has 0 saturated carbocycles. The second kappa shape index (κ2) is 8.05. The number of allylic oxidation sites excluding steroid dienone is 1. The van der Waals surface area contributed by atoms with E-state index in [-0.39, 0.29) is 0 Å². The van der Waals surface area contributed by atoms with Crippen molar-refractivity contribution in [2.45, 2.75) is 24.8 Å². The van der Waals surface area contributed by atoms with Crippen LogP contribution >= 0.6 is 11.9 Å². The summed E-state index contributed by atoms with van der Waals surface area (Å²) in [6.07, 6.45) is 3.37. The predicted octanol–water partition coefficient (Wildman–Crippen LogP) is 4.61. The van der Waals surface area contributed by atoms with Crippen molar-refractivity contribution in [1.82, 2.24) is 14.2 Å². The Morgan fingerprint density at radius 3 is 2.50 bits per heavy atom. The summed E-state index contributed by atoms with van der Waals surface area (Å²) >= 11 is 1.70. The SMILES string of the molecule is C=C(Cc1ccc(F)cc1F)N1CC(=C2CN(Sc3ccc(CC)cn3)C2)C1. The minimum atomic E-state index is -0.549. The smallest absolute Gasteiger partial charge is 0.129 e. The molecule has 0 atom stereocenters. The summed E-state index contributed by atoms with van der Waals surface area (Å²) in [5.74, 6) is -1.06. The van der Waals surface area contributed by atoms with Crippen molar-refractivity contribution in [3.63, 3.8) is 0 Å². The monoisotopic (exact) mass is 399 g/mol. The molecule has 1 aromatic heterocycles. The largest absolute Gasteiger partial charge is 0.367 e. The van der Waals surface area contributed by atoms with Crippen LogP contribution in [0.5, 0.6) is 0 Å². The summed E-state index contributed by atoms with van der Waals surface area (Å²) in [6.45, 7) is 9.85. The maximum atomic E-state index is 13.8. The molecule has 0 radical (unpaired) electrons. The van der Waals surface area contributed by atoms with E-state index in [1.807, 2.05) is 6.20 Å². The molecule has 0 unspecified atom stereocenters. The normalized spacial score (nSPS) is 16.8. The van der Waals surface area contributed by atoms with E-state index in [0.717, 1.165) is 49.4 Å². The lowest BCUT2D eigenvalue weighted by atomic mass is 9.95. The molecule has 0 amide bonds. The number of hydrogen-bond acceptors (Lipinski definition) is 4. The van der Waals surface area contributed by atoms with Crippen molar-refractivity contribution in [2.75, 3.05) is 26.2 Å². The zero-order chi connectivity index (χ0) is 19.7. The molecule has 2 saturated heterocycles. The zero-order valence-corrected chi connectivity index (χ0v) is 16.7. The molecule has 0 bridgehead atoms. The molecule has 0 aliphatic carbocycles. The highest BCUT2D eigenvalue weighted by molar-refractivity contribution is 7.97. The maximum absolute atomic E-state index is 13.8. The fourth-order valence-electron chi connectivity index (χ4n) is 3.33. The van der Waals surface area contributed by atoms with Gasteiger partial charge in [-0.05, 0) is 52.8 Å². The number of nitrogens with zero attached hydrogens (tertiary/aromatic N) is 3. The van der Waals surface area contributed by atoms with Gasteiger partial charge >= 0.3 is 0 Å². The number of hydrogen-bond donors (Lipinski definition) is 0. The van der Waals surface area contributed by atoms with Crippen LogP contribution in [0.1, 0.15) is 18.1 Å². The van der Waals surface area contributed by atoms with Gasteiger partial charge in [0.05, 0.1) is 0 Å². The number of benzene rings is 1. The van der Waals surface area contributed by atoms with Gasteiger partial charge < -0.3 is 4.90 Å². The number of aryl methyl sites for hydroxylation is 1. The van der Waals surface area contributed by atoms with Crippen molar-refractivity contribution in [2.24, 2.45) is 0 Å². The number of aromatic nitrogens is 1. The van der Waals surface area contributed by atoms with Gasteiger partial charge in [0.25, 0.3) is 0 Å². The number of halogens is 2. The summed E-state index contributed by atoms with van der Waals surface area (Å²) in [7, 11) is 0. The van der Waals surface area contributed by atoms with E-state index in [4.69, 9.17) is 0 Å². The first-order valence-corrected chi connectivity index (χ1v) is 10.2. The van der Waals surface area contributed by atoms with Crippen molar-refractivity contribution >= 4 is 11.9 Å². The van der Waals surface area contributed by atoms with Crippen LogP contribution in [0.3, 0.4) is 0 Å². The highest BCUT2D eigenvalue weighted by Crippen LogP contribution is 2.34. The van der Waals surface area contributed by atoms with Gasteiger partial charge in [-0.25, -0.2) is 18.1 Å². The molecule has 2 fully saturated rings. The molecule has 28 heavy (non-hydrogen) atoms. The molecular weight excluding hydrogens is 376 g/mol. The number of pyridine rings is 1. The average Bonchev–Trinajstić information content (AvgIpc) is 2.61. The molecule has 6 heteroatoms. The van der Waals surface area contributed by atoms with E-state index in [1.165, 1.54) is 28.8 Å². The van der Waals surface area contributed by atoms with Crippen LogP contribution in [0.15, 0.2) is 65.0 Å². The van der Waals surface area contributed by atoms with Gasteiger partial charge in [0.2, 0.25) is 0 Å². The lowest BCUT2D eigenvalue weighted by molar-refractivity contribution is 0.297. The van der Waals surface area contributed by atoms with Crippen LogP contribution in [0.2, 0.25) is 0 Å². The number of rotatable bonds is 6. The lowest BCUT2D eigenvalue weighted by Crippen LogP contribution is -2.45. The van der Waals surface area contributed by atoms with E-state index in [9.17, 15) is 8.78 Å². The Morgan fingerprint density at radius 2 is 1.86 bits per heavy atom. The predicted molar refractivity (Wildman–Crippen MR) is 109 cm³/mol. The van der Waals surface area contributed by atoms with Crippen LogP contribution in [0, 0.1) is 11.6 Å². The summed E-state index contributed by atoms with van der Waals surface area (Å²) in [6, 6.07) is 7.93. The van der Waals surface area contributed by atoms with Crippen LogP contribution < -0.4 is 0 Å². The van der Waals surface area contributed by atoms with E-state index >= 15 is 0 Å². The molecule has 1 aromatic carbocycles. The van der Waals surface area contributed by atoms with Gasteiger partial charge in [-0.3, -0.25) is 0 Å². The third kappa shape index (κ3) is 4.13. The summed E-state index contributed by atoms with van der Waals surface area (Å²) < 4.78 is 29.1. The average molecular weight is 400 g/mol. The highest BCUT2D eigenvalue weighted by Gasteiger charge is 2.31. The van der Waals surface area contributed by atoms with Crippen LogP contribution in [-0.2, 0) is 12.8 Å². The zero-order valence-electron chi connectivity index (χ0n) is 15.9. The van der Waals surface area contributed by atoms with Crippen LogP contribution in [0.4, 0.5) is 8.78 Å². The molecule has 146 valence electrons. The third-order valence-corrected chi connectivity index (χ3v) is 6.23. The van der Waals surface area contributed by atoms with Crippen molar-refractivity contribution in [3.8, 4) is 0 Å². The molecule has 2 aliphatic heterocycles. The Labute approximate surface area is 168 Å². The number of likely N-dealkylation sites (tertiary alicyclic amines) is 1. The van der Waals surface area contributed by atoms with E-state index < -0.39 is 11.6 Å². The highest BCUT2D eigenvalue weighted by atomic mass is 32.2. The van der Waals surface area contributed by atoms with Gasteiger partial charge in [-0.15, -0.1) is 0 Å². The standard InChI is InChI=1S/C22H23F2N3S/c1-3-16-4-7-22(25-10-16)28-27-13-19(14-27)18-11-26(12-18)15(2)8-17-5-6-20(23)9-21(17)24/h4-7,9-10H,2-3,8,11-14H2,1H3. The summed E-state index contributed by atoms with van der Waals surface area (Å²) in [4.78, 5) is 6.65. The minimum Gasteiger partial charge on any atom is -0.367 e. The summed E-state index contributed by atoms with van der Waals surface area (Å²) in [5, 5.41) is 1.03. The Morgan fingerprint density at radius 1 is 1.11 bits per heavy atom. The second-order valence-corrected chi connectivity index (χ2v) is 8.41. The minimum absolute atomic E-state index is 0.413. The first-order chi connectivity index (χ1) is 13.5. The molecule has 4 rings (SSSR count). The van der Waals surface area contributed by atoms with E-state index in [2.05, 4.69) is 39.8 Å². The van der Waals surface area contributed by atoms with E-state index in [0.29, 0.717) is 12.0 Å². The lowest BCUT2D eigenvalue weighted by Gasteiger charge is -2.43. The molecule has 2 aliphatic rings. The molecule has 0 spiro atoms. The fraction of sp³-hybridized carbons (Fsp3) is 0.318. The topological polar surface area (TPSA) is 19.4 Å². The quantitative estimate of drug-likeness (QED) is 0.522. The van der Waals surface area contributed by atoms with E-state index in [1.54, 1.807) is 11.9 Å². The van der Waals surface area contributed by atoms with Gasteiger partial charge in [0.1, 0.15) is 16.7 Å². The Bertz CT molecular complexity index is 908. The van der Waals surface area contributed by atoms with Crippen molar-refractivity contribution in [1.29, 1.82) is 0 Å². The molecule has 0 N–H and O–H groups in total.